The van der Waals surface area contributed by atoms with Crippen LogP contribution < -0.4 is 10.0 Å². The molecular weight excluding hydrogens is 280 g/mol. The molecule has 108 valence electrons. The fraction of sp³-hybridized carbons (Fsp3) is 0.692. The van der Waals surface area contributed by atoms with E-state index in [4.69, 9.17) is 0 Å². The highest BCUT2D eigenvalue weighted by Gasteiger charge is 2.23. The van der Waals surface area contributed by atoms with Crippen LogP contribution in [0.1, 0.15) is 36.1 Å². The summed E-state index contributed by atoms with van der Waals surface area (Å²) in [5.74, 6) is 0.854. The predicted octanol–water partition coefficient (Wildman–Crippen LogP) is 2.24. The van der Waals surface area contributed by atoms with Gasteiger partial charge in [-0.25, -0.2) is 13.1 Å². The Labute approximate surface area is 119 Å². The van der Waals surface area contributed by atoms with Crippen LogP contribution in [0.15, 0.2) is 10.3 Å². The van der Waals surface area contributed by atoms with E-state index in [-0.39, 0.29) is 0 Å². The number of nitrogens with one attached hydrogen (secondary N) is 2. The lowest BCUT2D eigenvalue weighted by atomic mass is 10.2. The van der Waals surface area contributed by atoms with Crippen LogP contribution in [0.5, 0.6) is 0 Å². The van der Waals surface area contributed by atoms with Crippen molar-refractivity contribution >= 4 is 21.4 Å². The Bertz CT molecular complexity index is 519. The molecule has 0 atom stereocenters. The van der Waals surface area contributed by atoms with Crippen LogP contribution >= 0.6 is 11.3 Å². The van der Waals surface area contributed by atoms with Gasteiger partial charge in [-0.1, -0.05) is 12.8 Å². The zero-order valence-corrected chi connectivity index (χ0v) is 13.2. The maximum absolute atomic E-state index is 12.3. The molecule has 1 aliphatic rings. The van der Waals surface area contributed by atoms with Gasteiger partial charge >= 0.3 is 0 Å². The minimum absolute atomic E-state index is 0.471. The Morgan fingerprint density at radius 1 is 1.42 bits per heavy atom. The van der Waals surface area contributed by atoms with E-state index in [2.05, 4.69) is 10.0 Å². The third-order valence-corrected chi connectivity index (χ3v) is 6.30. The molecule has 19 heavy (non-hydrogen) atoms. The van der Waals surface area contributed by atoms with Crippen molar-refractivity contribution in [2.45, 2.75) is 44.0 Å². The van der Waals surface area contributed by atoms with Crippen LogP contribution in [0.4, 0.5) is 0 Å². The van der Waals surface area contributed by atoms with Crippen LogP contribution in [-0.4, -0.2) is 22.0 Å². The summed E-state index contributed by atoms with van der Waals surface area (Å²) < 4.78 is 27.4. The van der Waals surface area contributed by atoms with Gasteiger partial charge in [0.15, 0.2) is 0 Å². The fourth-order valence-electron chi connectivity index (χ4n) is 2.21. The predicted molar refractivity (Wildman–Crippen MR) is 79.0 cm³/mol. The summed E-state index contributed by atoms with van der Waals surface area (Å²) in [4.78, 5) is 1.35. The first-order chi connectivity index (χ1) is 9.04. The second-order valence-electron chi connectivity index (χ2n) is 5.18. The van der Waals surface area contributed by atoms with Crippen LogP contribution in [0, 0.1) is 12.8 Å². The van der Waals surface area contributed by atoms with E-state index < -0.39 is 10.0 Å². The topological polar surface area (TPSA) is 58.2 Å². The Hall–Kier alpha value is -0.430. The molecule has 0 spiro atoms. The maximum Gasteiger partial charge on any atom is 0.241 e. The lowest BCUT2D eigenvalue weighted by Crippen LogP contribution is -2.26. The van der Waals surface area contributed by atoms with Gasteiger partial charge in [-0.3, -0.25) is 0 Å². The molecule has 0 amide bonds. The Kier molecular flexibility index (Phi) is 5.00. The number of rotatable bonds is 8. The van der Waals surface area contributed by atoms with Crippen LogP contribution in [-0.2, 0) is 16.6 Å². The Morgan fingerprint density at radius 3 is 2.79 bits per heavy atom. The first kappa shape index (κ1) is 15.0. The molecule has 6 heteroatoms. The lowest BCUT2D eigenvalue weighted by molar-refractivity contribution is 0.571. The van der Waals surface area contributed by atoms with Crippen LogP contribution in [0.3, 0.4) is 0 Å². The third kappa shape index (κ3) is 4.02. The van der Waals surface area contributed by atoms with Gasteiger partial charge in [-0.2, -0.15) is 0 Å². The van der Waals surface area contributed by atoms with Gasteiger partial charge in [0.05, 0.1) is 0 Å². The molecule has 1 aliphatic carbocycles. The molecule has 1 aromatic heterocycles. The van der Waals surface area contributed by atoms with Crippen molar-refractivity contribution < 1.29 is 8.42 Å². The van der Waals surface area contributed by atoms with E-state index in [0.717, 1.165) is 29.2 Å². The van der Waals surface area contributed by atoms with Crippen molar-refractivity contribution in [1.82, 2.24) is 10.0 Å². The van der Waals surface area contributed by atoms with Gasteiger partial charge in [0.25, 0.3) is 0 Å². The number of thiophene rings is 1. The fourth-order valence-corrected chi connectivity index (χ4v) is 5.10. The van der Waals surface area contributed by atoms with Crippen molar-refractivity contribution in [3.05, 3.63) is 15.8 Å². The van der Waals surface area contributed by atoms with Gasteiger partial charge in [0, 0.05) is 18.0 Å². The van der Waals surface area contributed by atoms with Crippen LogP contribution in [0.2, 0.25) is 0 Å². The molecule has 2 N–H and O–H groups in total. The Balaban J connectivity index is 1.98. The second kappa shape index (κ2) is 6.35. The van der Waals surface area contributed by atoms with Crippen molar-refractivity contribution in [3.8, 4) is 0 Å². The van der Waals surface area contributed by atoms with Gasteiger partial charge in [0.2, 0.25) is 10.0 Å². The van der Waals surface area contributed by atoms with E-state index in [0.29, 0.717) is 18.0 Å². The maximum atomic E-state index is 12.3. The molecule has 1 aromatic rings. The minimum atomic E-state index is -3.36. The number of aryl methyl sites for hydroxylation is 1. The largest absolute Gasteiger partial charge is 0.315 e. The monoisotopic (exact) mass is 302 g/mol. The SMILES string of the molecule is CNCc1scc(C)c1S(=O)(=O)NCCCC1CC1. The normalized spacial score (nSPS) is 15.9. The van der Waals surface area contributed by atoms with E-state index in [1.807, 2.05) is 19.4 Å². The summed E-state index contributed by atoms with van der Waals surface area (Å²) >= 11 is 1.50. The van der Waals surface area contributed by atoms with E-state index in [1.165, 1.54) is 24.2 Å². The molecule has 2 rings (SSSR count). The third-order valence-electron chi connectivity index (χ3n) is 3.37. The highest BCUT2D eigenvalue weighted by atomic mass is 32.2. The molecule has 0 radical (unpaired) electrons. The molecule has 0 saturated heterocycles. The minimum Gasteiger partial charge on any atom is -0.315 e. The Morgan fingerprint density at radius 2 is 2.16 bits per heavy atom. The van der Waals surface area contributed by atoms with E-state index in [1.54, 1.807) is 0 Å². The van der Waals surface area contributed by atoms with Crippen molar-refractivity contribution in [2.24, 2.45) is 5.92 Å². The van der Waals surface area contributed by atoms with Crippen molar-refractivity contribution in [2.75, 3.05) is 13.6 Å². The molecule has 1 saturated carbocycles. The zero-order valence-electron chi connectivity index (χ0n) is 11.5. The molecule has 0 aromatic carbocycles. The molecular formula is C13H22N2O2S2. The van der Waals surface area contributed by atoms with Crippen LogP contribution in [0.25, 0.3) is 0 Å². The first-order valence-corrected chi connectivity index (χ1v) is 9.12. The van der Waals surface area contributed by atoms with Crippen molar-refractivity contribution in [3.63, 3.8) is 0 Å². The lowest BCUT2D eigenvalue weighted by Gasteiger charge is -2.09. The summed E-state index contributed by atoms with van der Waals surface area (Å²) in [6.07, 6.45) is 4.73. The molecule has 0 aliphatic heterocycles. The summed E-state index contributed by atoms with van der Waals surface area (Å²) in [5, 5.41) is 4.93. The highest BCUT2D eigenvalue weighted by Crippen LogP contribution is 2.33. The standard InChI is InChI=1S/C13H22N2O2S2/c1-10-9-18-12(8-14-2)13(10)19(16,17)15-7-3-4-11-5-6-11/h9,11,14-15H,3-8H2,1-2H3. The summed E-state index contributed by atoms with van der Waals surface area (Å²) in [7, 11) is -1.53. The zero-order chi connectivity index (χ0) is 13.9. The molecule has 4 nitrogen and oxygen atoms in total. The number of sulfonamides is 1. The summed E-state index contributed by atoms with van der Waals surface area (Å²) in [6.45, 7) is 3.00. The molecule has 0 unspecified atom stereocenters. The molecule has 1 heterocycles. The summed E-state index contributed by atoms with van der Waals surface area (Å²) in [5.41, 5.74) is 0.838. The molecule has 0 bridgehead atoms. The molecule has 1 fully saturated rings. The van der Waals surface area contributed by atoms with Gasteiger partial charge in [0.1, 0.15) is 4.90 Å². The average Bonchev–Trinajstić information content (AvgIpc) is 3.09. The first-order valence-electron chi connectivity index (χ1n) is 6.76. The second-order valence-corrected chi connectivity index (χ2v) is 7.85. The average molecular weight is 302 g/mol. The quantitative estimate of drug-likeness (QED) is 0.724. The van der Waals surface area contributed by atoms with E-state index >= 15 is 0 Å². The van der Waals surface area contributed by atoms with Gasteiger partial charge in [-0.15, -0.1) is 11.3 Å². The summed E-state index contributed by atoms with van der Waals surface area (Å²) in [6, 6.07) is 0. The number of hydrogen-bond acceptors (Lipinski definition) is 4. The van der Waals surface area contributed by atoms with Gasteiger partial charge in [-0.05, 0) is 43.7 Å². The van der Waals surface area contributed by atoms with Gasteiger partial charge < -0.3 is 5.32 Å². The van der Waals surface area contributed by atoms with E-state index in [9.17, 15) is 8.42 Å². The van der Waals surface area contributed by atoms with Crippen molar-refractivity contribution in [1.29, 1.82) is 0 Å². The smallest absolute Gasteiger partial charge is 0.241 e. The highest BCUT2D eigenvalue weighted by molar-refractivity contribution is 7.89. The number of hydrogen-bond donors (Lipinski definition) is 2.